The van der Waals surface area contributed by atoms with Gasteiger partial charge >= 0.3 is 5.97 Å². The molecule has 0 bridgehead atoms. The third-order valence-electron chi connectivity index (χ3n) is 1.36. The molecule has 0 rings (SSSR count). The van der Waals surface area contributed by atoms with E-state index in [9.17, 15) is 4.79 Å². The van der Waals surface area contributed by atoms with Gasteiger partial charge in [-0.25, -0.2) is 4.79 Å². The maximum atomic E-state index is 11.1. The van der Waals surface area contributed by atoms with Gasteiger partial charge in [0.15, 0.2) is 0 Å². The van der Waals surface area contributed by atoms with Crippen molar-refractivity contribution in [1.29, 1.82) is 0 Å². The zero-order valence-corrected chi connectivity index (χ0v) is 7.99. The van der Waals surface area contributed by atoms with Crippen LogP contribution in [0, 0.1) is 0 Å². The molecule has 0 saturated heterocycles. The average Bonchev–Trinajstić information content (AvgIpc) is 2.12. The second kappa shape index (κ2) is 7.34. The predicted octanol–water partition coefficient (Wildman–Crippen LogP) is 1.74. The van der Waals surface area contributed by atoms with Crippen molar-refractivity contribution in [1.82, 2.24) is 0 Å². The van der Waals surface area contributed by atoms with E-state index in [0.717, 1.165) is 19.1 Å². The number of unbranched alkanes of at least 4 members (excludes halogenated alkanes) is 1. The van der Waals surface area contributed by atoms with Gasteiger partial charge in [0.2, 0.25) is 0 Å². The number of oxime groups is 1. The average molecular weight is 185 g/mol. The van der Waals surface area contributed by atoms with Gasteiger partial charge in [-0.3, -0.25) is 0 Å². The molecule has 0 fully saturated rings. The number of ether oxygens (including phenoxy) is 1. The summed E-state index contributed by atoms with van der Waals surface area (Å²) in [4.78, 5) is 11.1. The molecule has 0 heterocycles. The van der Waals surface area contributed by atoms with E-state index in [0.29, 0.717) is 12.2 Å². The smallest absolute Gasteiger partial charge is 0.339 e. The first-order valence-corrected chi connectivity index (χ1v) is 4.30. The summed E-state index contributed by atoms with van der Waals surface area (Å²) in [6.45, 7) is 4.04. The molecule has 4 nitrogen and oxygen atoms in total. The van der Waals surface area contributed by atoms with E-state index in [-0.39, 0.29) is 0 Å². The van der Waals surface area contributed by atoms with Crippen LogP contribution in [0.2, 0.25) is 0 Å². The molecule has 0 saturated carbocycles. The fourth-order valence-electron chi connectivity index (χ4n) is 0.765. The summed E-state index contributed by atoms with van der Waals surface area (Å²) >= 11 is 0. The molecular weight excluding hydrogens is 170 g/mol. The lowest BCUT2D eigenvalue weighted by molar-refractivity contribution is -0.137. The summed E-state index contributed by atoms with van der Waals surface area (Å²) in [5, 5.41) is 11.1. The lowest BCUT2D eigenvalue weighted by atomic mass is 10.2. The van der Waals surface area contributed by atoms with Crippen LogP contribution >= 0.6 is 0 Å². The molecule has 0 spiro atoms. The minimum absolute atomic E-state index is 0.297. The highest BCUT2D eigenvalue weighted by Gasteiger charge is 2.06. The van der Waals surface area contributed by atoms with Gasteiger partial charge in [0, 0.05) is 0 Å². The number of esters is 1. The van der Waals surface area contributed by atoms with Gasteiger partial charge in [0.25, 0.3) is 0 Å². The van der Waals surface area contributed by atoms with Crippen LogP contribution < -0.4 is 0 Å². The second-order valence-corrected chi connectivity index (χ2v) is 2.41. The number of hydrogen-bond acceptors (Lipinski definition) is 4. The summed E-state index contributed by atoms with van der Waals surface area (Å²) in [7, 11) is 0. The molecule has 0 unspecified atom stereocenters. The molecule has 0 radical (unpaired) electrons. The number of rotatable bonds is 5. The van der Waals surface area contributed by atoms with E-state index in [2.05, 4.69) is 5.16 Å². The third-order valence-corrected chi connectivity index (χ3v) is 1.36. The van der Waals surface area contributed by atoms with E-state index >= 15 is 0 Å². The molecule has 0 atom stereocenters. The van der Waals surface area contributed by atoms with Crippen LogP contribution in [-0.4, -0.2) is 24.0 Å². The van der Waals surface area contributed by atoms with Crippen LogP contribution in [0.4, 0.5) is 0 Å². The maximum absolute atomic E-state index is 11.1. The fourth-order valence-corrected chi connectivity index (χ4v) is 0.765. The van der Waals surface area contributed by atoms with Gasteiger partial charge in [-0.1, -0.05) is 24.6 Å². The Labute approximate surface area is 77.9 Å². The Morgan fingerprint density at radius 1 is 1.54 bits per heavy atom. The monoisotopic (exact) mass is 185 g/mol. The van der Waals surface area contributed by atoms with Crippen LogP contribution in [0.1, 0.15) is 26.7 Å². The fraction of sp³-hybridized carbons (Fsp3) is 0.556. The first kappa shape index (κ1) is 11.7. The molecule has 0 aliphatic heterocycles. The highest BCUT2D eigenvalue weighted by atomic mass is 16.5. The van der Waals surface area contributed by atoms with Crippen molar-refractivity contribution in [2.75, 3.05) is 6.61 Å². The Morgan fingerprint density at radius 3 is 2.69 bits per heavy atom. The van der Waals surface area contributed by atoms with Gasteiger partial charge in [0.05, 0.1) is 18.4 Å². The van der Waals surface area contributed by atoms with Crippen molar-refractivity contribution >= 4 is 12.2 Å². The van der Waals surface area contributed by atoms with E-state index in [1.165, 1.54) is 0 Å². The van der Waals surface area contributed by atoms with Crippen molar-refractivity contribution in [3.05, 3.63) is 11.6 Å². The van der Waals surface area contributed by atoms with Gasteiger partial charge in [-0.15, -0.1) is 0 Å². The molecule has 0 aromatic heterocycles. The highest BCUT2D eigenvalue weighted by molar-refractivity contribution is 6.09. The Hall–Kier alpha value is -1.32. The Balaban J connectivity index is 4.31. The number of carbonyl (C=O) groups excluding carboxylic acids is 1. The highest BCUT2D eigenvalue weighted by Crippen LogP contribution is 1.99. The standard InChI is InChI=1S/C9H15NO3/c1-3-5-6-8(7-10-12)9(11)13-4-2/h6-7,12H,3-5H2,1-2H3/b8-6-,10-7+. The van der Waals surface area contributed by atoms with Crippen LogP contribution in [0.5, 0.6) is 0 Å². The molecule has 0 aromatic carbocycles. The van der Waals surface area contributed by atoms with Crippen molar-refractivity contribution in [2.24, 2.45) is 5.16 Å². The normalized spacial score (nSPS) is 12.0. The predicted molar refractivity (Wildman–Crippen MR) is 49.9 cm³/mol. The van der Waals surface area contributed by atoms with Crippen molar-refractivity contribution in [2.45, 2.75) is 26.7 Å². The SMILES string of the molecule is CCC/C=C(/C=N/O)C(=O)OCC. The van der Waals surface area contributed by atoms with Gasteiger partial charge < -0.3 is 9.94 Å². The van der Waals surface area contributed by atoms with Crippen molar-refractivity contribution in [3.8, 4) is 0 Å². The molecule has 13 heavy (non-hydrogen) atoms. The van der Waals surface area contributed by atoms with E-state index in [4.69, 9.17) is 9.94 Å². The van der Waals surface area contributed by atoms with Gasteiger partial charge in [0.1, 0.15) is 0 Å². The minimum Gasteiger partial charge on any atom is -0.462 e. The van der Waals surface area contributed by atoms with Gasteiger partial charge in [-0.2, -0.15) is 0 Å². The summed E-state index contributed by atoms with van der Waals surface area (Å²) in [5.41, 5.74) is 0.297. The molecule has 0 aromatic rings. The number of carbonyl (C=O) groups is 1. The van der Waals surface area contributed by atoms with Crippen LogP contribution in [0.15, 0.2) is 16.8 Å². The maximum Gasteiger partial charge on any atom is 0.339 e. The third kappa shape index (κ3) is 5.00. The van der Waals surface area contributed by atoms with E-state index in [1.807, 2.05) is 6.92 Å². The lowest BCUT2D eigenvalue weighted by Crippen LogP contribution is -2.08. The minimum atomic E-state index is -0.450. The molecule has 1 N–H and O–H groups in total. The summed E-state index contributed by atoms with van der Waals surface area (Å²) in [5.74, 6) is -0.450. The second-order valence-electron chi connectivity index (χ2n) is 2.41. The molecule has 0 aliphatic carbocycles. The quantitative estimate of drug-likeness (QED) is 0.233. The van der Waals surface area contributed by atoms with E-state index in [1.54, 1.807) is 13.0 Å². The van der Waals surface area contributed by atoms with Crippen LogP contribution in [0.25, 0.3) is 0 Å². The van der Waals surface area contributed by atoms with Gasteiger partial charge in [-0.05, 0) is 13.3 Å². The number of allylic oxidation sites excluding steroid dienone is 1. The van der Waals surface area contributed by atoms with Crippen LogP contribution in [0.3, 0.4) is 0 Å². The molecule has 74 valence electrons. The molecule has 0 aliphatic rings. The van der Waals surface area contributed by atoms with Crippen molar-refractivity contribution in [3.63, 3.8) is 0 Å². The Kier molecular flexibility index (Phi) is 6.59. The lowest BCUT2D eigenvalue weighted by Gasteiger charge is -2.00. The molecular formula is C9H15NO3. The summed E-state index contributed by atoms with van der Waals surface area (Å²) in [6, 6.07) is 0. The van der Waals surface area contributed by atoms with E-state index < -0.39 is 5.97 Å². The first-order valence-electron chi connectivity index (χ1n) is 4.30. The molecule has 4 heteroatoms. The number of nitrogens with zero attached hydrogens (tertiary/aromatic N) is 1. The Morgan fingerprint density at radius 2 is 2.23 bits per heavy atom. The largest absolute Gasteiger partial charge is 0.462 e. The van der Waals surface area contributed by atoms with Crippen LogP contribution in [-0.2, 0) is 9.53 Å². The first-order chi connectivity index (χ1) is 6.26. The zero-order valence-electron chi connectivity index (χ0n) is 7.99. The summed E-state index contributed by atoms with van der Waals surface area (Å²) < 4.78 is 4.74. The van der Waals surface area contributed by atoms with Crippen molar-refractivity contribution < 1.29 is 14.7 Å². The summed E-state index contributed by atoms with van der Waals surface area (Å²) in [6.07, 6.45) is 4.48. The zero-order chi connectivity index (χ0) is 10.1. The molecule has 0 amide bonds. The number of hydrogen-bond donors (Lipinski definition) is 1. The Bertz CT molecular complexity index is 209. The topological polar surface area (TPSA) is 58.9 Å².